The third-order valence-corrected chi connectivity index (χ3v) is 3.54. The molecule has 0 saturated heterocycles. The monoisotopic (exact) mass is 333 g/mol. The largest absolute Gasteiger partial charge is 0.483 e. The maximum absolute atomic E-state index is 14.1. The van der Waals surface area contributed by atoms with Crippen LogP contribution in [-0.4, -0.2) is 14.8 Å². The average molecular weight is 333 g/mol. The summed E-state index contributed by atoms with van der Waals surface area (Å²) < 4.78 is 34.6. The number of ether oxygens (including phenoxy) is 1. The first-order valence-electron chi connectivity index (χ1n) is 6.90. The molecule has 0 radical (unpaired) electrons. The molecule has 2 aromatic carbocycles. The van der Waals surface area contributed by atoms with Gasteiger partial charge in [-0.2, -0.15) is 5.10 Å². The summed E-state index contributed by atoms with van der Waals surface area (Å²) in [6.07, 6.45) is -0.491. The van der Waals surface area contributed by atoms with Crippen LogP contribution >= 0.6 is 12.2 Å². The maximum Gasteiger partial charge on any atom is 0.200 e. The highest BCUT2D eigenvalue weighted by molar-refractivity contribution is 7.71. The fraction of sp³-hybridized carbons (Fsp3) is 0.125. The minimum atomic E-state index is -0.726. The lowest BCUT2D eigenvalue weighted by Crippen LogP contribution is -2.12. The van der Waals surface area contributed by atoms with E-state index < -0.39 is 17.7 Å². The molecular formula is C16H13F2N3OS. The van der Waals surface area contributed by atoms with Crippen molar-refractivity contribution in [3.8, 4) is 11.4 Å². The van der Waals surface area contributed by atoms with Gasteiger partial charge in [0.2, 0.25) is 0 Å². The zero-order valence-electron chi connectivity index (χ0n) is 12.2. The third kappa shape index (κ3) is 3.14. The van der Waals surface area contributed by atoms with Crippen molar-refractivity contribution in [2.45, 2.75) is 13.0 Å². The third-order valence-electron chi connectivity index (χ3n) is 3.27. The fourth-order valence-corrected chi connectivity index (χ4v) is 2.47. The van der Waals surface area contributed by atoms with Gasteiger partial charge >= 0.3 is 0 Å². The van der Waals surface area contributed by atoms with Gasteiger partial charge in [0.1, 0.15) is 17.4 Å². The van der Waals surface area contributed by atoms with Gasteiger partial charge in [0.25, 0.3) is 0 Å². The van der Waals surface area contributed by atoms with Crippen molar-refractivity contribution < 1.29 is 13.5 Å². The molecular weight excluding hydrogens is 320 g/mol. The molecule has 0 amide bonds. The lowest BCUT2D eigenvalue weighted by atomic mass is 10.2. The van der Waals surface area contributed by atoms with Gasteiger partial charge in [-0.3, -0.25) is 9.67 Å². The molecule has 4 nitrogen and oxygen atoms in total. The number of hydrogen-bond donors (Lipinski definition) is 1. The van der Waals surface area contributed by atoms with E-state index in [2.05, 4.69) is 10.2 Å². The summed E-state index contributed by atoms with van der Waals surface area (Å²) in [6.45, 7) is 1.77. The van der Waals surface area contributed by atoms with Gasteiger partial charge < -0.3 is 4.74 Å². The lowest BCUT2D eigenvalue weighted by molar-refractivity contribution is 0.214. The van der Waals surface area contributed by atoms with Crippen LogP contribution in [0.3, 0.4) is 0 Å². The van der Waals surface area contributed by atoms with E-state index in [4.69, 9.17) is 17.0 Å². The second-order valence-electron chi connectivity index (χ2n) is 4.89. The predicted molar refractivity (Wildman–Crippen MR) is 84.1 cm³/mol. The van der Waals surface area contributed by atoms with Crippen molar-refractivity contribution in [3.63, 3.8) is 0 Å². The number of aromatic nitrogens is 3. The molecule has 0 aliphatic rings. The molecule has 0 saturated carbocycles. The first-order valence-corrected chi connectivity index (χ1v) is 7.31. The van der Waals surface area contributed by atoms with Crippen LogP contribution in [0.1, 0.15) is 18.9 Å². The molecule has 1 atom stereocenters. The summed E-state index contributed by atoms with van der Waals surface area (Å²) in [5, 5.41) is 6.73. The Morgan fingerprint density at radius 1 is 1.17 bits per heavy atom. The van der Waals surface area contributed by atoms with Crippen molar-refractivity contribution in [2.75, 3.05) is 0 Å². The standard InChI is InChI=1S/C16H13F2N3OS/c1-10(22-12-5-3-2-4-6-12)15-19-20-16(23)21(15)14-8-7-11(17)9-13(14)18/h2-10H,1H3,(H,20,23)/t10-/m0/s1. The van der Waals surface area contributed by atoms with E-state index in [0.717, 1.165) is 6.07 Å². The molecule has 0 unspecified atom stereocenters. The van der Waals surface area contributed by atoms with Crippen LogP contribution in [0.25, 0.3) is 5.69 Å². The molecule has 0 spiro atoms. The highest BCUT2D eigenvalue weighted by Crippen LogP contribution is 2.24. The van der Waals surface area contributed by atoms with Crippen molar-refractivity contribution in [1.82, 2.24) is 14.8 Å². The van der Waals surface area contributed by atoms with Gasteiger partial charge in [0.05, 0.1) is 5.69 Å². The summed E-state index contributed by atoms with van der Waals surface area (Å²) in [5.74, 6) is -0.337. The minimum Gasteiger partial charge on any atom is -0.483 e. The Hall–Kier alpha value is -2.54. The van der Waals surface area contributed by atoms with Crippen LogP contribution in [-0.2, 0) is 0 Å². The van der Waals surface area contributed by atoms with Crippen molar-refractivity contribution in [1.29, 1.82) is 0 Å². The van der Waals surface area contributed by atoms with Gasteiger partial charge in [-0.15, -0.1) is 0 Å². The summed E-state index contributed by atoms with van der Waals surface area (Å²) in [6, 6.07) is 12.5. The molecule has 23 heavy (non-hydrogen) atoms. The molecule has 0 bridgehead atoms. The van der Waals surface area contributed by atoms with Crippen molar-refractivity contribution in [3.05, 3.63) is 70.8 Å². The molecule has 3 rings (SSSR count). The highest BCUT2D eigenvalue weighted by atomic mass is 32.1. The van der Waals surface area contributed by atoms with Crippen LogP contribution in [0.2, 0.25) is 0 Å². The van der Waals surface area contributed by atoms with Crippen LogP contribution in [0, 0.1) is 16.4 Å². The maximum atomic E-state index is 14.1. The van der Waals surface area contributed by atoms with Crippen molar-refractivity contribution in [2.24, 2.45) is 0 Å². The van der Waals surface area contributed by atoms with E-state index in [1.807, 2.05) is 18.2 Å². The van der Waals surface area contributed by atoms with Crippen LogP contribution < -0.4 is 4.74 Å². The van der Waals surface area contributed by atoms with Gasteiger partial charge in [-0.05, 0) is 43.4 Å². The SMILES string of the molecule is C[C@H](Oc1ccccc1)c1n[nH]c(=S)n1-c1ccc(F)cc1F. The number of hydrogen-bond acceptors (Lipinski definition) is 3. The molecule has 0 aliphatic carbocycles. The second kappa shape index (κ2) is 6.29. The first-order chi connectivity index (χ1) is 11.1. The molecule has 3 aromatic rings. The number of nitrogens with zero attached hydrogens (tertiary/aromatic N) is 2. The Kier molecular flexibility index (Phi) is 4.20. The normalized spacial score (nSPS) is 12.1. The summed E-state index contributed by atoms with van der Waals surface area (Å²) in [7, 11) is 0. The fourth-order valence-electron chi connectivity index (χ4n) is 2.23. The number of nitrogens with one attached hydrogen (secondary N) is 1. The summed E-state index contributed by atoms with van der Waals surface area (Å²) in [5.41, 5.74) is 0.115. The van der Waals surface area contributed by atoms with E-state index in [1.54, 1.807) is 19.1 Å². The molecule has 1 N–H and O–H groups in total. The molecule has 118 valence electrons. The average Bonchev–Trinajstić information content (AvgIpc) is 2.90. The molecule has 7 heteroatoms. The van der Waals surface area contributed by atoms with E-state index in [0.29, 0.717) is 11.6 Å². The Labute approximate surface area is 136 Å². The van der Waals surface area contributed by atoms with Gasteiger partial charge in [-0.25, -0.2) is 8.78 Å². The van der Waals surface area contributed by atoms with E-state index in [9.17, 15) is 8.78 Å². The Morgan fingerprint density at radius 2 is 1.91 bits per heavy atom. The van der Waals surface area contributed by atoms with E-state index in [-0.39, 0.29) is 10.5 Å². The molecule has 0 fully saturated rings. The first kappa shape index (κ1) is 15.4. The second-order valence-corrected chi connectivity index (χ2v) is 5.28. The zero-order chi connectivity index (χ0) is 16.4. The topological polar surface area (TPSA) is 42.8 Å². The van der Waals surface area contributed by atoms with Gasteiger partial charge in [-0.1, -0.05) is 18.2 Å². The predicted octanol–water partition coefficient (Wildman–Crippen LogP) is 4.35. The lowest BCUT2D eigenvalue weighted by Gasteiger charge is -2.15. The number of aromatic amines is 1. The van der Waals surface area contributed by atoms with Crippen molar-refractivity contribution >= 4 is 12.2 Å². The number of halogens is 2. The Balaban J connectivity index is 2.00. The minimum absolute atomic E-state index is 0.115. The molecule has 1 aromatic heterocycles. The van der Waals surface area contributed by atoms with Crippen LogP contribution in [0.4, 0.5) is 8.78 Å². The van der Waals surface area contributed by atoms with Crippen LogP contribution in [0.5, 0.6) is 5.75 Å². The van der Waals surface area contributed by atoms with E-state index in [1.165, 1.54) is 16.7 Å². The summed E-state index contributed by atoms with van der Waals surface area (Å²) >= 11 is 5.16. The van der Waals surface area contributed by atoms with E-state index >= 15 is 0 Å². The smallest absolute Gasteiger partial charge is 0.200 e. The number of rotatable bonds is 4. The Morgan fingerprint density at radius 3 is 2.61 bits per heavy atom. The number of benzene rings is 2. The number of H-pyrrole nitrogens is 1. The summed E-state index contributed by atoms with van der Waals surface area (Å²) in [4.78, 5) is 0. The zero-order valence-corrected chi connectivity index (χ0v) is 13.0. The Bertz CT molecular complexity index is 877. The van der Waals surface area contributed by atoms with Gasteiger partial charge in [0, 0.05) is 6.07 Å². The quantitative estimate of drug-likeness (QED) is 0.722. The highest BCUT2D eigenvalue weighted by Gasteiger charge is 2.19. The molecule has 0 aliphatic heterocycles. The molecule has 1 heterocycles. The van der Waals surface area contributed by atoms with Crippen LogP contribution in [0.15, 0.2) is 48.5 Å². The number of para-hydroxylation sites is 1. The van der Waals surface area contributed by atoms with Gasteiger partial charge in [0.15, 0.2) is 16.7 Å².